The predicted molar refractivity (Wildman–Crippen MR) is 69.4 cm³/mol. The molecule has 1 aliphatic heterocycles. The second kappa shape index (κ2) is 5.26. The van der Waals surface area contributed by atoms with Crippen LogP contribution in [-0.2, 0) is 14.8 Å². The summed E-state index contributed by atoms with van der Waals surface area (Å²) in [6.45, 7) is 4.43. The first-order valence-electron chi connectivity index (χ1n) is 5.75. The lowest BCUT2D eigenvalue weighted by Crippen LogP contribution is -2.46. The maximum absolute atomic E-state index is 12.5. The van der Waals surface area contributed by atoms with E-state index in [9.17, 15) is 8.42 Å². The van der Waals surface area contributed by atoms with Gasteiger partial charge in [-0.15, -0.1) is 11.3 Å². The van der Waals surface area contributed by atoms with Crippen LogP contribution in [0.3, 0.4) is 0 Å². The number of aliphatic hydroxyl groups is 1. The lowest BCUT2D eigenvalue weighted by Gasteiger charge is -2.31. The standard InChI is InChI=1S/C11H17NO4S2/c1-8-5-11(9(2)17-8)18(14,15)12-3-4-16-10(6-12)7-13/h5,10,13H,3-4,6-7H2,1-2H3. The first-order chi connectivity index (χ1) is 8.45. The van der Waals surface area contributed by atoms with Gasteiger partial charge in [-0.05, 0) is 19.9 Å². The Kier molecular flexibility index (Phi) is 4.08. The summed E-state index contributed by atoms with van der Waals surface area (Å²) < 4.78 is 31.6. The third kappa shape index (κ3) is 2.60. The number of ether oxygens (including phenoxy) is 1. The highest BCUT2D eigenvalue weighted by molar-refractivity contribution is 7.89. The van der Waals surface area contributed by atoms with Crippen molar-refractivity contribution >= 4 is 21.4 Å². The molecule has 0 radical (unpaired) electrons. The van der Waals surface area contributed by atoms with Crippen LogP contribution in [0.4, 0.5) is 0 Å². The summed E-state index contributed by atoms with van der Waals surface area (Å²) in [5.41, 5.74) is 0. The fraction of sp³-hybridized carbons (Fsp3) is 0.636. The van der Waals surface area contributed by atoms with Gasteiger partial charge in [0, 0.05) is 22.8 Å². The van der Waals surface area contributed by atoms with Gasteiger partial charge in [0.1, 0.15) is 0 Å². The molecule has 0 amide bonds. The van der Waals surface area contributed by atoms with E-state index in [0.29, 0.717) is 18.0 Å². The summed E-state index contributed by atoms with van der Waals surface area (Å²) in [7, 11) is -3.46. The zero-order valence-corrected chi connectivity index (χ0v) is 12.1. The topological polar surface area (TPSA) is 66.8 Å². The Morgan fingerprint density at radius 2 is 2.28 bits per heavy atom. The molecule has 18 heavy (non-hydrogen) atoms. The van der Waals surface area contributed by atoms with E-state index in [0.717, 1.165) is 9.75 Å². The predicted octanol–water partition coefficient (Wildman–Crippen LogP) is 0.747. The van der Waals surface area contributed by atoms with Crippen LogP contribution < -0.4 is 0 Å². The van der Waals surface area contributed by atoms with E-state index < -0.39 is 16.1 Å². The summed E-state index contributed by atoms with van der Waals surface area (Å²) in [5, 5.41) is 9.06. The molecule has 1 unspecified atom stereocenters. The molecule has 1 fully saturated rings. The van der Waals surface area contributed by atoms with Gasteiger partial charge >= 0.3 is 0 Å². The Hall–Kier alpha value is -0.470. The van der Waals surface area contributed by atoms with E-state index in [1.165, 1.54) is 15.6 Å². The fourth-order valence-corrected chi connectivity index (χ4v) is 5.00. The summed E-state index contributed by atoms with van der Waals surface area (Å²) in [6.07, 6.45) is -0.423. The molecule has 0 aliphatic carbocycles. The minimum atomic E-state index is -3.46. The Morgan fingerprint density at radius 1 is 1.56 bits per heavy atom. The van der Waals surface area contributed by atoms with Crippen LogP contribution in [0.1, 0.15) is 9.75 Å². The molecule has 0 spiro atoms. The molecule has 1 aliphatic rings. The molecule has 0 bridgehead atoms. The highest BCUT2D eigenvalue weighted by atomic mass is 32.2. The zero-order chi connectivity index (χ0) is 13.3. The van der Waals surface area contributed by atoms with E-state index in [1.54, 1.807) is 6.07 Å². The minimum absolute atomic E-state index is 0.159. The molecule has 0 aromatic carbocycles. The second-order valence-electron chi connectivity index (χ2n) is 4.32. The maximum Gasteiger partial charge on any atom is 0.244 e. The minimum Gasteiger partial charge on any atom is -0.394 e. The molecule has 5 nitrogen and oxygen atoms in total. The number of hydrogen-bond donors (Lipinski definition) is 1. The SMILES string of the molecule is Cc1cc(S(=O)(=O)N2CCOC(CO)C2)c(C)s1. The van der Waals surface area contributed by atoms with Crippen molar-refractivity contribution in [2.75, 3.05) is 26.3 Å². The average Bonchev–Trinajstić information content (AvgIpc) is 2.69. The van der Waals surface area contributed by atoms with Crippen molar-refractivity contribution < 1.29 is 18.3 Å². The third-order valence-electron chi connectivity index (χ3n) is 2.92. The lowest BCUT2D eigenvalue weighted by atomic mass is 10.3. The van der Waals surface area contributed by atoms with Crippen LogP contribution in [0.5, 0.6) is 0 Å². The summed E-state index contributed by atoms with van der Waals surface area (Å²) in [4.78, 5) is 2.17. The molecule has 1 aromatic rings. The van der Waals surface area contributed by atoms with Crippen molar-refractivity contribution in [3.63, 3.8) is 0 Å². The number of aryl methyl sites for hydroxylation is 2. The normalized spacial score (nSPS) is 22.3. The maximum atomic E-state index is 12.5. The Balaban J connectivity index is 2.28. The van der Waals surface area contributed by atoms with Gasteiger partial charge < -0.3 is 9.84 Å². The highest BCUT2D eigenvalue weighted by Crippen LogP contribution is 2.28. The van der Waals surface area contributed by atoms with Crippen LogP contribution in [0.2, 0.25) is 0 Å². The molecule has 1 atom stereocenters. The molecule has 2 heterocycles. The number of thiophene rings is 1. The first kappa shape index (κ1) is 14.0. The number of rotatable bonds is 3. The van der Waals surface area contributed by atoms with Crippen LogP contribution in [0.25, 0.3) is 0 Å². The van der Waals surface area contributed by atoms with Crippen molar-refractivity contribution in [2.24, 2.45) is 0 Å². The molecule has 102 valence electrons. The number of morpholine rings is 1. The van der Waals surface area contributed by atoms with Gasteiger partial charge in [-0.3, -0.25) is 0 Å². The molecular formula is C11H17NO4S2. The smallest absolute Gasteiger partial charge is 0.244 e. The quantitative estimate of drug-likeness (QED) is 0.892. The van der Waals surface area contributed by atoms with Gasteiger partial charge in [0.05, 0.1) is 24.2 Å². The van der Waals surface area contributed by atoms with Crippen molar-refractivity contribution in [3.05, 3.63) is 15.8 Å². The molecule has 1 N–H and O–H groups in total. The van der Waals surface area contributed by atoms with Crippen molar-refractivity contribution in [2.45, 2.75) is 24.8 Å². The monoisotopic (exact) mass is 291 g/mol. The van der Waals surface area contributed by atoms with Crippen molar-refractivity contribution in [3.8, 4) is 0 Å². The highest BCUT2D eigenvalue weighted by Gasteiger charge is 2.32. The Bertz CT molecular complexity index is 523. The van der Waals surface area contributed by atoms with Gasteiger partial charge in [-0.1, -0.05) is 0 Å². The summed E-state index contributed by atoms with van der Waals surface area (Å²) >= 11 is 1.48. The van der Waals surface area contributed by atoms with E-state index in [2.05, 4.69) is 0 Å². The average molecular weight is 291 g/mol. The molecule has 7 heteroatoms. The van der Waals surface area contributed by atoms with Gasteiger partial charge in [0.2, 0.25) is 10.0 Å². The first-order valence-corrected chi connectivity index (χ1v) is 8.00. The number of aliphatic hydroxyl groups excluding tert-OH is 1. The summed E-state index contributed by atoms with van der Waals surface area (Å²) in [5.74, 6) is 0. The van der Waals surface area contributed by atoms with Gasteiger partial charge in [0.25, 0.3) is 0 Å². The molecule has 0 saturated carbocycles. The van der Waals surface area contributed by atoms with Crippen LogP contribution in [0.15, 0.2) is 11.0 Å². The van der Waals surface area contributed by atoms with Crippen LogP contribution >= 0.6 is 11.3 Å². The molecule has 2 rings (SSSR count). The van der Waals surface area contributed by atoms with E-state index in [4.69, 9.17) is 9.84 Å². The van der Waals surface area contributed by atoms with Crippen molar-refractivity contribution in [1.82, 2.24) is 4.31 Å². The van der Waals surface area contributed by atoms with E-state index in [-0.39, 0.29) is 13.2 Å². The number of nitrogens with zero attached hydrogens (tertiary/aromatic N) is 1. The second-order valence-corrected chi connectivity index (χ2v) is 7.68. The van der Waals surface area contributed by atoms with Crippen LogP contribution in [0, 0.1) is 13.8 Å². The lowest BCUT2D eigenvalue weighted by molar-refractivity contribution is -0.0304. The zero-order valence-electron chi connectivity index (χ0n) is 10.4. The van der Waals surface area contributed by atoms with Gasteiger partial charge in [0.15, 0.2) is 0 Å². The van der Waals surface area contributed by atoms with Crippen molar-refractivity contribution in [1.29, 1.82) is 0 Å². The number of sulfonamides is 1. The summed E-state index contributed by atoms with van der Waals surface area (Å²) in [6, 6.07) is 1.71. The van der Waals surface area contributed by atoms with E-state index >= 15 is 0 Å². The third-order valence-corrected chi connectivity index (χ3v) is 6.00. The fourth-order valence-electron chi connectivity index (χ4n) is 2.02. The van der Waals surface area contributed by atoms with Gasteiger partial charge in [-0.2, -0.15) is 4.31 Å². The Morgan fingerprint density at radius 3 is 2.83 bits per heavy atom. The molecule has 1 saturated heterocycles. The molecule has 1 aromatic heterocycles. The Labute approximate surface area is 111 Å². The molecular weight excluding hydrogens is 274 g/mol. The van der Waals surface area contributed by atoms with E-state index in [1.807, 2.05) is 13.8 Å². The van der Waals surface area contributed by atoms with Crippen LogP contribution in [-0.4, -0.2) is 50.2 Å². The largest absolute Gasteiger partial charge is 0.394 e. The van der Waals surface area contributed by atoms with Gasteiger partial charge in [-0.25, -0.2) is 8.42 Å². The number of hydrogen-bond acceptors (Lipinski definition) is 5.